The van der Waals surface area contributed by atoms with Crippen LogP contribution >= 0.6 is 0 Å². The predicted octanol–water partition coefficient (Wildman–Crippen LogP) is 1.15. The highest BCUT2D eigenvalue weighted by molar-refractivity contribution is 5.85. The van der Waals surface area contributed by atoms with Crippen molar-refractivity contribution in [2.45, 2.75) is 6.92 Å². The molecule has 0 aliphatic rings. The topological polar surface area (TPSA) is 50.2 Å². The summed E-state index contributed by atoms with van der Waals surface area (Å²) in [5.41, 5.74) is 0.763. The molecule has 0 saturated heterocycles. The summed E-state index contributed by atoms with van der Waals surface area (Å²) in [7, 11) is 0. The summed E-state index contributed by atoms with van der Waals surface area (Å²) in [6, 6.07) is 3.06. The summed E-state index contributed by atoms with van der Waals surface area (Å²) in [6.45, 7) is 1.71. The van der Waals surface area contributed by atoms with E-state index in [-0.39, 0.29) is 5.69 Å². The summed E-state index contributed by atoms with van der Waals surface area (Å²) in [6.07, 6.45) is 1.44. The smallest absolute Gasteiger partial charge is 0.354 e. The fourth-order valence-corrected chi connectivity index (χ4v) is 0.739. The van der Waals surface area contributed by atoms with E-state index in [0.29, 0.717) is 0 Å². The molecule has 0 aromatic carbocycles. The van der Waals surface area contributed by atoms with Crippen molar-refractivity contribution in [3.05, 3.63) is 29.6 Å². The van der Waals surface area contributed by atoms with Crippen molar-refractivity contribution in [2.75, 3.05) is 0 Å². The molecule has 1 aromatic rings. The van der Waals surface area contributed by atoms with Gasteiger partial charge in [-0.1, -0.05) is 5.92 Å². The van der Waals surface area contributed by atoms with Gasteiger partial charge in [0.25, 0.3) is 0 Å². The molecule has 0 aliphatic carbocycles. The van der Waals surface area contributed by atoms with Gasteiger partial charge >= 0.3 is 5.97 Å². The lowest BCUT2D eigenvalue weighted by Crippen LogP contribution is -1.99. The Morgan fingerprint density at radius 3 is 2.75 bits per heavy atom. The Hall–Kier alpha value is -1.82. The normalized spacial score (nSPS) is 8.42. The molecule has 0 bridgehead atoms. The Labute approximate surface area is 70.1 Å². The zero-order valence-electron chi connectivity index (χ0n) is 6.53. The number of aromatic carboxylic acids is 1. The zero-order valence-corrected chi connectivity index (χ0v) is 6.53. The van der Waals surface area contributed by atoms with Gasteiger partial charge in [-0.25, -0.2) is 9.78 Å². The first kappa shape index (κ1) is 8.28. The van der Waals surface area contributed by atoms with Crippen LogP contribution in [0.4, 0.5) is 0 Å². The van der Waals surface area contributed by atoms with Crippen molar-refractivity contribution in [3.8, 4) is 11.8 Å². The van der Waals surface area contributed by atoms with E-state index in [4.69, 9.17) is 5.11 Å². The lowest BCUT2D eigenvalue weighted by molar-refractivity contribution is 0.0690. The molecule has 12 heavy (non-hydrogen) atoms. The standard InChI is InChI=1S/C9H7NO2/c1-2-3-7-4-5-8(9(11)12)10-6-7/h4-6H,1H3,(H,11,12). The molecule has 3 nitrogen and oxygen atoms in total. The third kappa shape index (κ3) is 1.83. The minimum Gasteiger partial charge on any atom is -0.477 e. The van der Waals surface area contributed by atoms with Gasteiger partial charge in [0, 0.05) is 11.8 Å². The Morgan fingerprint density at radius 1 is 1.58 bits per heavy atom. The van der Waals surface area contributed by atoms with Gasteiger partial charge in [-0.15, -0.1) is 5.92 Å². The second-order valence-electron chi connectivity index (χ2n) is 2.11. The first-order chi connectivity index (χ1) is 5.74. The summed E-state index contributed by atoms with van der Waals surface area (Å²) in [5.74, 6) is 4.44. The van der Waals surface area contributed by atoms with E-state index < -0.39 is 5.97 Å². The van der Waals surface area contributed by atoms with Crippen LogP contribution in [-0.2, 0) is 0 Å². The molecule has 1 rings (SSSR count). The second kappa shape index (κ2) is 3.54. The molecule has 0 radical (unpaired) electrons. The van der Waals surface area contributed by atoms with Crippen molar-refractivity contribution in [1.82, 2.24) is 4.98 Å². The maximum Gasteiger partial charge on any atom is 0.354 e. The Balaban J connectivity index is 2.98. The molecule has 0 atom stereocenters. The van der Waals surface area contributed by atoms with Crippen molar-refractivity contribution in [2.24, 2.45) is 0 Å². The average molecular weight is 161 g/mol. The van der Waals surface area contributed by atoms with Gasteiger partial charge in [0.1, 0.15) is 5.69 Å². The van der Waals surface area contributed by atoms with Gasteiger partial charge in [-0.05, 0) is 19.1 Å². The Bertz CT molecular complexity index is 343. The number of rotatable bonds is 1. The summed E-state index contributed by atoms with van der Waals surface area (Å²) in [4.78, 5) is 14.1. The first-order valence-electron chi connectivity index (χ1n) is 3.36. The number of hydrogen-bond acceptors (Lipinski definition) is 2. The molecule has 0 unspecified atom stereocenters. The van der Waals surface area contributed by atoms with Crippen LogP contribution in [0, 0.1) is 11.8 Å². The Morgan fingerprint density at radius 2 is 2.33 bits per heavy atom. The van der Waals surface area contributed by atoms with Gasteiger partial charge in [0.05, 0.1) is 0 Å². The Kier molecular flexibility index (Phi) is 2.44. The van der Waals surface area contributed by atoms with Gasteiger partial charge in [-0.3, -0.25) is 0 Å². The van der Waals surface area contributed by atoms with Gasteiger partial charge in [0.2, 0.25) is 0 Å². The van der Waals surface area contributed by atoms with E-state index in [1.165, 1.54) is 12.3 Å². The highest BCUT2D eigenvalue weighted by Gasteiger charge is 2.01. The fraction of sp³-hybridized carbons (Fsp3) is 0.111. The van der Waals surface area contributed by atoms with Crippen molar-refractivity contribution in [3.63, 3.8) is 0 Å². The monoisotopic (exact) mass is 161 g/mol. The van der Waals surface area contributed by atoms with Crippen molar-refractivity contribution < 1.29 is 9.90 Å². The molecule has 0 fully saturated rings. The van der Waals surface area contributed by atoms with Crippen molar-refractivity contribution in [1.29, 1.82) is 0 Å². The zero-order chi connectivity index (χ0) is 8.97. The predicted molar refractivity (Wildman–Crippen MR) is 43.7 cm³/mol. The van der Waals surface area contributed by atoms with Crippen LogP contribution in [0.3, 0.4) is 0 Å². The molecular formula is C9H7NO2. The lowest BCUT2D eigenvalue weighted by Gasteiger charge is -1.91. The number of pyridine rings is 1. The number of nitrogens with zero attached hydrogens (tertiary/aromatic N) is 1. The third-order valence-corrected chi connectivity index (χ3v) is 1.25. The van der Waals surface area contributed by atoms with Crippen LogP contribution in [0.2, 0.25) is 0 Å². The molecule has 1 heterocycles. The van der Waals surface area contributed by atoms with Crippen LogP contribution in [0.15, 0.2) is 18.3 Å². The molecule has 1 N–H and O–H groups in total. The maximum absolute atomic E-state index is 10.4. The van der Waals surface area contributed by atoms with Crippen molar-refractivity contribution >= 4 is 5.97 Å². The van der Waals surface area contributed by atoms with E-state index in [9.17, 15) is 4.79 Å². The molecule has 0 aliphatic heterocycles. The molecule has 60 valence electrons. The maximum atomic E-state index is 10.4. The number of carboxylic acid groups (broad SMARTS) is 1. The van der Waals surface area contributed by atoms with E-state index >= 15 is 0 Å². The molecule has 0 spiro atoms. The molecule has 3 heteroatoms. The quantitative estimate of drug-likeness (QED) is 0.628. The fourth-order valence-electron chi connectivity index (χ4n) is 0.739. The number of aromatic nitrogens is 1. The van der Waals surface area contributed by atoms with E-state index in [0.717, 1.165) is 5.56 Å². The summed E-state index contributed by atoms with van der Waals surface area (Å²) < 4.78 is 0. The summed E-state index contributed by atoms with van der Waals surface area (Å²) in [5, 5.41) is 8.51. The SMILES string of the molecule is CC#Cc1ccc(C(=O)O)nc1. The first-order valence-corrected chi connectivity index (χ1v) is 3.36. The average Bonchev–Trinajstić information content (AvgIpc) is 2.06. The van der Waals surface area contributed by atoms with E-state index in [1.807, 2.05) is 0 Å². The highest BCUT2D eigenvalue weighted by Crippen LogP contribution is 1.98. The minimum absolute atomic E-state index is 0.0386. The second-order valence-corrected chi connectivity index (χ2v) is 2.11. The lowest BCUT2D eigenvalue weighted by atomic mass is 10.2. The van der Waals surface area contributed by atoms with Crippen LogP contribution in [0.5, 0.6) is 0 Å². The summed E-state index contributed by atoms with van der Waals surface area (Å²) >= 11 is 0. The molecule has 1 aromatic heterocycles. The molecular weight excluding hydrogens is 154 g/mol. The van der Waals surface area contributed by atoms with Gasteiger partial charge in [0.15, 0.2) is 0 Å². The van der Waals surface area contributed by atoms with E-state index in [2.05, 4.69) is 16.8 Å². The number of hydrogen-bond donors (Lipinski definition) is 1. The van der Waals surface area contributed by atoms with Crippen LogP contribution < -0.4 is 0 Å². The van der Waals surface area contributed by atoms with Crippen LogP contribution in [0.1, 0.15) is 23.0 Å². The third-order valence-electron chi connectivity index (χ3n) is 1.25. The minimum atomic E-state index is -1.02. The largest absolute Gasteiger partial charge is 0.477 e. The molecule has 0 saturated carbocycles. The van der Waals surface area contributed by atoms with Crippen LogP contribution in [-0.4, -0.2) is 16.1 Å². The van der Waals surface area contributed by atoms with Gasteiger partial charge in [-0.2, -0.15) is 0 Å². The van der Waals surface area contributed by atoms with E-state index in [1.54, 1.807) is 13.0 Å². The van der Waals surface area contributed by atoms with Gasteiger partial charge < -0.3 is 5.11 Å². The highest BCUT2D eigenvalue weighted by atomic mass is 16.4. The molecule has 0 amide bonds. The number of carboxylic acids is 1. The number of carbonyl (C=O) groups is 1. The van der Waals surface area contributed by atoms with Crippen LogP contribution in [0.25, 0.3) is 0 Å².